The molecule has 1 atom stereocenters. The van der Waals surface area contributed by atoms with Gasteiger partial charge in [-0.15, -0.1) is 0 Å². The molecule has 0 fully saturated rings. The number of hydrogen-bond donors (Lipinski definition) is 1. The van der Waals surface area contributed by atoms with Crippen molar-refractivity contribution in [1.82, 2.24) is 5.32 Å². The van der Waals surface area contributed by atoms with E-state index in [-0.39, 0.29) is 5.97 Å². The van der Waals surface area contributed by atoms with E-state index in [0.29, 0.717) is 32.8 Å². The quantitative estimate of drug-likeness (QED) is 0.395. The Morgan fingerprint density at radius 1 is 1.00 bits per heavy atom. The maximum absolute atomic E-state index is 12.1. The Bertz CT molecular complexity index is 261. The second-order valence-corrected chi connectivity index (χ2v) is 5.31. The summed E-state index contributed by atoms with van der Waals surface area (Å²) < 4.78 is 16.0. The van der Waals surface area contributed by atoms with Gasteiger partial charge in [-0.3, -0.25) is 4.79 Å². The number of ether oxygens (including phenoxy) is 3. The Hall–Kier alpha value is -0.650. The van der Waals surface area contributed by atoms with Crippen molar-refractivity contribution in [3.8, 4) is 0 Å². The van der Waals surface area contributed by atoms with Gasteiger partial charge in [0.1, 0.15) is 5.54 Å². The highest BCUT2D eigenvalue weighted by atomic mass is 16.5. The van der Waals surface area contributed by atoms with Crippen LogP contribution in [0.1, 0.15) is 53.4 Å². The van der Waals surface area contributed by atoms with Gasteiger partial charge in [-0.2, -0.15) is 0 Å². The Morgan fingerprint density at radius 2 is 1.67 bits per heavy atom. The molecule has 0 saturated heterocycles. The second kappa shape index (κ2) is 13.0. The van der Waals surface area contributed by atoms with Gasteiger partial charge in [-0.1, -0.05) is 13.8 Å². The zero-order valence-corrected chi connectivity index (χ0v) is 14.2. The van der Waals surface area contributed by atoms with Crippen LogP contribution in [0.2, 0.25) is 0 Å². The number of carbonyl (C=O) groups is 1. The summed E-state index contributed by atoms with van der Waals surface area (Å²) in [6.45, 7) is 11.8. The van der Waals surface area contributed by atoms with Crippen LogP contribution in [-0.2, 0) is 19.0 Å². The van der Waals surface area contributed by atoms with E-state index in [1.807, 2.05) is 13.8 Å². The number of esters is 1. The van der Waals surface area contributed by atoms with E-state index in [4.69, 9.17) is 14.2 Å². The SMILES string of the molecule is CCCNC(C)(CCCOCCOCCC)C(=O)OCC. The standard InChI is InChI=1S/C16H33NO4/c1-5-10-17-16(4,15(18)21-7-3)9-8-12-20-14-13-19-11-6-2/h17H,5-14H2,1-4H3. The van der Waals surface area contributed by atoms with Crippen molar-refractivity contribution in [3.63, 3.8) is 0 Å². The van der Waals surface area contributed by atoms with Gasteiger partial charge >= 0.3 is 5.97 Å². The van der Waals surface area contributed by atoms with Crippen LogP contribution in [0.3, 0.4) is 0 Å². The third-order valence-electron chi connectivity index (χ3n) is 3.18. The number of carbonyl (C=O) groups excluding carboxylic acids is 1. The van der Waals surface area contributed by atoms with Gasteiger partial charge in [0, 0.05) is 13.2 Å². The molecule has 5 nitrogen and oxygen atoms in total. The highest BCUT2D eigenvalue weighted by Crippen LogP contribution is 2.15. The van der Waals surface area contributed by atoms with E-state index in [2.05, 4.69) is 19.2 Å². The molecule has 0 rings (SSSR count). The molecule has 0 radical (unpaired) electrons. The molecule has 0 amide bonds. The molecule has 1 N–H and O–H groups in total. The largest absolute Gasteiger partial charge is 0.465 e. The molecule has 0 bridgehead atoms. The van der Waals surface area contributed by atoms with E-state index in [0.717, 1.165) is 32.4 Å². The number of rotatable bonds is 14. The zero-order valence-electron chi connectivity index (χ0n) is 14.2. The van der Waals surface area contributed by atoms with E-state index < -0.39 is 5.54 Å². The third-order valence-corrected chi connectivity index (χ3v) is 3.18. The molecule has 1 unspecified atom stereocenters. The molecule has 0 aromatic rings. The fraction of sp³-hybridized carbons (Fsp3) is 0.938. The van der Waals surface area contributed by atoms with Crippen LogP contribution in [0.15, 0.2) is 0 Å². The predicted octanol–water partition coefficient (Wildman–Crippen LogP) is 2.53. The Labute approximate surface area is 129 Å². The highest BCUT2D eigenvalue weighted by molar-refractivity contribution is 5.80. The minimum atomic E-state index is -0.617. The van der Waals surface area contributed by atoms with Crippen LogP contribution in [0.25, 0.3) is 0 Å². The molecule has 0 aliphatic carbocycles. The molecule has 0 spiro atoms. The molecule has 0 aliphatic heterocycles. The van der Waals surface area contributed by atoms with Crippen molar-refractivity contribution >= 4 is 5.97 Å². The Balaban J connectivity index is 3.93. The summed E-state index contributed by atoms with van der Waals surface area (Å²) in [5, 5.41) is 3.29. The number of nitrogens with one attached hydrogen (secondary N) is 1. The Kier molecular flexibility index (Phi) is 12.6. The average molecular weight is 303 g/mol. The van der Waals surface area contributed by atoms with Crippen molar-refractivity contribution in [2.24, 2.45) is 0 Å². The molecular weight excluding hydrogens is 270 g/mol. The highest BCUT2D eigenvalue weighted by Gasteiger charge is 2.33. The van der Waals surface area contributed by atoms with Crippen molar-refractivity contribution in [1.29, 1.82) is 0 Å². The number of hydrogen-bond acceptors (Lipinski definition) is 5. The van der Waals surface area contributed by atoms with Crippen LogP contribution < -0.4 is 5.32 Å². The van der Waals surface area contributed by atoms with Crippen LogP contribution in [0.4, 0.5) is 0 Å². The molecule has 0 aromatic heterocycles. The molecule has 0 saturated carbocycles. The summed E-state index contributed by atoms with van der Waals surface area (Å²) in [5.74, 6) is -0.176. The van der Waals surface area contributed by atoms with Crippen molar-refractivity contribution in [2.75, 3.05) is 39.6 Å². The van der Waals surface area contributed by atoms with Gasteiger partial charge in [0.2, 0.25) is 0 Å². The molecule has 126 valence electrons. The predicted molar refractivity (Wildman–Crippen MR) is 84.5 cm³/mol. The molecule has 5 heteroatoms. The maximum Gasteiger partial charge on any atom is 0.326 e. The normalized spacial score (nSPS) is 13.9. The lowest BCUT2D eigenvalue weighted by Gasteiger charge is -2.28. The summed E-state index contributed by atoms with van der Waals surface area (Å²) in [6, 6.07) is 0. The van der Waals surface area contributed by atoms with E-state index in [1.54, 1.807) is 0 Å². The van der Waals surface area contributed by atoms with Gasteiger partial charge in [0.25, 0.3) is 0 Å². The van der Waals surface area contributed by atoms with Gasteiger partial charge < -0.3 is 19.5 Å². The molecule has 0 heterocycles. The average Bonchev–Trinajstić information content (AvgIpc) is 2.48. The summed E-state index contributed by atoms with van der Waals surface area (Å²) in [4.78, 5) is 12.1. The van der Waals surface area contributed by atoms with E-state index in [9.17, 15) is 4.79 Å². The summed E-state index contributed by atoms with van der Waals surface area (Å²) in [7, 11) is 0. The van der Waals surface area contributed by atoms with Crippen molar-refractivity contribution in [3.05, 3.63) is 0 Å². The monoisotopic (exact) mass is 303 g/mol. The first-order chi connectivity index (χ1) is 10.1. The van der Waals surface area contributed by atoms with Crippen LogP contribution in [0.5, 0.6) is 0 Å². The lowest BCUT2D eigenvalue weighted by atomic mass is 9.95. The summed E-state index contributed by atoms with van der Waals surface area (Å²) >= 11 is 0. The molecular formula is C16H33NO4. The first-order valence-corrected chi connectivity index (χ1v) is 8.18. The molecule has 21 heavy (non-hydrogen) atoms. The van der Waals surface area contributed by atoms with Crippen LogP contribution in [-0.4, -0.2) is 51.1 Å². The van der Waals surface area contributed by atoms with E-state index in [1.165, 1.54) is 0 Å². The lowest BCUT2D eigenvalue weighted by Crippen LogP contribution is -2.50. The van der Waals surface area contributed by atoms with Crippen molar-refractivity contribution < 1.29 is 19.0 Å². The lowest BCUT2D eigenvalue weighted by molar-refractivity contribution is -0.151. The summed E-state index contributed by atoms with van der Waals surface area (Å²) in [6.07, 6.45) is 3.54. The van der Waals surface area contributed by atoms with Crippen molar-refractivity contribution in [2.45, 2.75) is 58.9 Å². The van der Waals surface area contributed by atoms with Gasteiger partial charge in [-0.25, -0.2) is 0 Å². The fourth-order valence-electron chi connectivity index (χ4n) is 1.95. The first kappa shape index (κ1) is 20.3. The molecule has 0 aliphatic rings. The molecule has 0 aromatic carbocycles. The minimum Gasteiger partial charge on any atom is -0.465 e. The van der Waals surface area contributed by atoms with Gasteiger partial charge in [0.05, 0.1) is 19.8 Å². The third kappa shape index (κ3) is 9.82. The van der Waals surface area contributed by atoms with Gasteiger partial charge in [-0.05, 0) is 46.1 Å². The van der Waals surface area contributed by atoms with Crippen LogP contribution in [0, 0.1) is 0 Å². The topological polar surface area (TPSA) is 56.8 Å². The second-order valence-electron chi connectivity index (χ2n) is 5.31. The Morgan fingerprint density at radius 3 is 2.24 bits per heavy atom. The minimum absolute atomic E-state index is 0.176. The smallest absolute Gasteiger partial charge is 0.326 e. The zero-order chi connectivity index (χ0) is 16.0. The maximum atomic E-state index is 12.1. The van der Waals surface area contributed by atoms with E-state index >= 15 is 0 Å². The fourth-order valence-corrected chi connectivity index (χ4v) is 1.95. The van der Waals surface area contributed by atoms with Crippen LogP contribution >= 0.6 is 0 Å². The first-order valence-electron chi connectivity index (χ1n) is 8.18. The summed E-state index contributed by atoms with van der Waals surface area (Å²) in [5.41, 5.74) is -0.617. The van der Waals surface area contributed by atoms with Gasteiger partial charge in [0.15, 0.2) is 0 Å².